The van der Waals surface area contributed by atoms with Gasteiger partial charge in [-0.15, -0.1) is 11.3 Å². The van der Waals surface area contributed by atoms with Crippen LogP contribution in [0.5, 0.6) is 0 Å². The van der Waals surface area contributed by atoms with Gasteiger partial charge in [0.05, 0.1) is 23.6 Å². The first-order valence-electron chi connectivity index (χ1n) is 12.9. The van der Waals surface area contributed by atoms with E-state index in [1.807, 2.05) is 35.7 Å². The van der Waals surface area contributed by atoms with Crippen LogP contribution in [0.1, 0.15) is 11.5 Å². The quantitative estimate of drug-likeness (QED) is 0.240. The van der Waals surface area contributed by atoms with Crippen LogP contribution in [0.15, 0.2) is 128 Å². The fraction of sp³-hybridized carbons (Fsp3) is 0.0588. The van der Waals surface area contributed by atoms with Crippen LogP contribution in [0.4, 0.5) is 11.4 Å². The lowest BCUT2D eigenvalue weighted by Crippen LogP contribution is -2.29. The summed E-state index contributed by atoms with van der Waals surface area (Å²) in [4.78, 5) is 12.5. The summed E-state index contributed by atoms with van der Waals surface area (Å²) in [5, 5.41) is 2.72. The van der Waals surface area contributed by atoms with Gasteiger partial charge in [0.2, 0.25) is 0 Å². The normalized spacial score (nSPS) is 17.7. The molecule has 0 saturated heterocycles. The molecule has 0 amide bonds. The first-order chi connectivity index (χ1) is 18.9. The van der Waals surface area contributed by atoms with Crippen molar-refractivity contribution >= 4 is 42.9 Å². The molecule has 0 fully saturated rings. The summed E-state index contributed by atoms with van der Waals surface area (Å²) in [5.74, 6) is 0.997. The van der Waals surface area contributed by atoms with E-state index in [2.05, 4.69) is 108 Å². The standard InChI is InChI=1S/C34H23N3S/c1-3-11-22(12-4-1)33-28(21-35-34(36-33)23-13-5-2-6-14-23)37-26-17-9-7-15-24(26)31-27(37)19-20-30-32(31)25-16-8-10-18-29(25)38-30/h1-21,24,26H. The lowest BCUT2D eigenvalue weighted by molar-refractivity contribution is 0.746. The Balaban J connectivity index is 1.40. The fourth-order valence-corrected chi connectivity index (χ4v) is 7.15. The molecule has 2 aromatic heterocycles. The van der Waals surface area contributed by atoms with Gasteiger partial charge in [0.25, 0.3) is 0 Å². The average Bonchev–Trinajstić information content (AvgIpc) is 3.53. The molecule has 180 valence electrons. The monoisotopic (exact) mass is 505 g/mol. The molecule has 1 aliphatic heterocycles. The van der Waals surface area contributed by atoms with E-state index in [4.69, 9.17) is 9.97 Å². The van der Waals surface area contributed by atoms with Crippen LogP contribution >= 0.6 is 11.3 Å². The highest BCUT2D eigenvalue weighted by Gasteiger charge is 2.40. The zero-order valence-electron chi connectivity index (χ0n) is 20.5. The minimum atomic E-state index is 0.160. The lowest BCUT2D eigenvalue weighted by atomic mass is 9.89. The number of anilines is 2. The summed E-state index contributed by atoms with van der Waals surface area (Å²) in [6.07, 6.45) is 11.1. The Morgan fingerprint density at radius 1 is 0.658 bits per heavy atom. The van der Waals surface area contributed by atoms with Gasteiger partial charge < -0.3 is 4.90 Å². The van der Waals surface area contributed by atoms with Crippen LogP contribution in [-0.4, -0.2) is 16.0 Å². The van der Waals surface area contributed by atoms with E-state index in [0.29, 0.717) is 0 Å². The number of nitrogens with zero attached hydrogens (tertiary/aromatic N) is 3. The highest BCUT2D eigenvalue weighted by molar-refractivity contribution is 7.25. The highest BCUT2D eigenvalue weighted by atomic mass is 32.1. The third kappa shape index (κ3) is 3.20. The summed E-state index contributed by atoms with van der Waals surface area (Å²) in [6, 6.07) is 34.2. The van der Waals surface area contributed by atoms with Crippen molar-refractivity contribution in [1.82, 2.24) is 9.97 Å². The second-order valence-corrected chi connectivity index (χ2v) is 10.9. The van der Waals surface area contributed by atoms with Gasteiger partial charge in [0, 0.05) is 42.9 Å². The van der Waals surface area contributed by atoms with Gasteiger partial charge in [-0.1, -0.05) is 103 Å². The highest BCUT2D eigenvalue weighted by Crippen LogP contribution is 2.54. The van der Waals surface area contributed by atoms with Gasteiger partial charge in [-0.3, -0.25) is 0 Å². The number of rotatable bonds is 3. The molecule has 2 atom stereocenters. The van der Waals surface area contributed by atoms with Crippen LogP contribution in [0.25, 0.3) is 42.8 Å². The molecule has 3 heterocycles. The SMILES string of the molecule is C1=CC2c3c(ccc4sc5ccccc5c34)N(c3cnc(-c4ccccc4)nc3-c3ccccc3)C2C=C1. The predicted octanol–water partition coefficient (Wildman–Crippen LogP) is 8.91. The van der Waals surface area contributed by atoms with Gasteiger partial charge in [-0.25, -0.2) is 9.97 Å². The van der Waals surface area contributed by atoms with Crippen molar-refractivity contribution in [2.45, 2.75) is 12.0 Å². The van der Waals surface area contributed by atoms with Crippen LogP contribution in [0.2, 0.25) is 0 Å². The summed E-state index contributed by atoms with van der Waals surface area (Å²) in [6.45, 7) is 0. The second kappa shape index (κ2) is 8.51. The number of benzene rings is 4. The maximum absolute atomic E-state index is 5.18. The molecule has 0 radical (unpaired) electrons. The molecule has 4 aromatic carbocycles. The maximum atomic E-state index is 5.18. The molecule has 38 heavy (non-hydrogen) atoms. The van der Waals surface area contributed by atoms with E-state index in [9.17, 15) is 0 Å². The number of aromatic nitrogens is 2. The number of allylic oxidation sites excluding steroid dienone is 2. The van der Waals surface area contributed by atoms with Crippen molar-refractivity contribution < 1.29 is 0 Å². The first-order valence-corrected chi connectivity index (χ1v) is 13.7. The number of thiophene rings is 1. The Bertz CT molecular complexity index is 1890. The van der Waals surface area contributed by atoms with Crippen LogP contribution in [0.3, 0.4) is 0 Å². The molecule has 6 aromatic rings. The fourth-order valence-electron chi connectivity index (χ4n) is 6.03. The number of hydrogen-bond acceptors (Lipinski definition) is 4. The Kier molecular flexibility index (Phi) is 4.82. The Labute approximate surface area is 225 Å². The molecule has 0 bridgehead atoms. The molecule has 2 unspecified atom stereocenters. The Morgan fingerprint density at radius 3 is 2.24 bits per heavy atom. The van der Waals surface area contributed by atoms with Crippen molar-refractivity contribution in [1.29, 1.82) is 0 Å². The predicted molar refractivity (Wildman–Crippen MR) is 159 cm³/mol. The topological polar surface area (TPSA) is 29.0 Å². The zero-order chi connectivity index (χ0) is 25.1. The van der Waals surface area contributed by atoms with Crippen molar-refractivity contribution in [3.8, 4) is 22.6 Å². The lowest BCUT2D eigenvalue weighted by Gasteiger charge is -2.30. The van der Waals surface area contributed by atoms with Gasteiger partial charge in [-0.2, -0.15) is 0 Å². The second-order valence-electron chi connectivity index (χ2n) is 9.79. The van der Waals surface area contributed by atoms with Crippen LogP contribution < -0.4 is 4.90 Å². The minimum absolute atomic E-state index is 0.160. The van der Waals surface area contributed by atoms with Crippen molar-refractivity contribution in [3.63, 3.8) is 0 Å². The molecule has 1 aliphatic carbocycles. The molecule has 0 spiro atoms. The molecular weight excluding hydrogens is 482 g/mol. The van der Waals surface area contributed by atoms with Crippen LogP contribution in [-0.2, 0) is 0 Å². The van der Waals surface area contributed by atoms with E-state index in [1.165, 1.54) is 31.4 Å². The van der Waals surface area contributed by atoms with Crippen molar-refractivity contribution in [3.05, 3.63) is 133 Å². The van der Waals surface area contributed by atoms with E-state index < -0.39 is 0 Å². The summed E-state index contributed by atoms with van der Waals surface area (Å²) in [5.41, 5.74) is 6.72. The molecule has 8 rings (SSSR count). The summed E-state index contributed by atoms with van der Waals surface area (Å²) >= 11 is 1.88. The molecule has 4 heteroatoms. The van der Waals surface area contributed by atoms with Gasteiger partial charge in [0.15, 0.2) is 5.82 Å². The molecule has 0 saturated carbocycles. The zero-order valence-corrected chi connectivity index (χ0v) is 21.3. The van der Waals surface area contributed by atoms with Crippen molar-refractivity contribution in [2.24, 2.45) is 0 Å². The largest absolute Gasteiger partial charge is 0.330 e. The number of hydrogen-bond donors (Lipinski definition) is 0. The molecule has 3 nitrogen and oxygen atoms in total. The van der Waals surface area contributed by atoms with E-state index in [0.717, 1.165) is 28.3 Å². The summed E-state index contributed by atoms with van der Waals surface area (Å²) < 4.78 is 2.68. The molecular formula is C34H23N3S. The van der Waals surface area contributed by atoms with Crippen molar-refractivity contribution in [2.75, 3.05) is 4.90 Å². The van der Waals surface area contributed by atoms with E-state index >= 15 is 0 Å². The van der Waals surface area contributed by atoms with E-state index in [1.54, 1.807) is 0 Å². The Morgan fingerprint density at radius 2 is 1.39 bits per heavy atom. The Hall–Kier alpha value is -4.54. The molecule has 2 aliphatic rings. The smallest absolute Gasteiger partial charge is 0.159 e. The first kappa shape index (κ1) is 21.5. The van der Waals surface area contributed by atoms with Gasteiger partial charge in [-0.05, 0) is 23.8 Å². The van der Waals surface area contributed by atoms with Gasteiger partial charge >= 0.3 is 0 Å². The minimum Gasteiger partial charge on any atom is -0.330 e. The molecule has 0 N–H and O–H groups in total. The van der Waals surface area contributed by atoms with Crippen LogP contribution in [0, 0.1) is 0 Å². The summed E-state index contributed by atoms with van der Waals surface area (Å²) in [7, 11) is 0. The maximum Gasteiger partial charge on any atom is 0.159 e. The van der Waals surface area contributed by atoms with E-state index in [-0.39, 0.29) is 12.0 Å². The van der Waals surface area contributed by atoms with Gasteiger partial charge in [0.1, 0.15) is 0 Å². The third-order valence-corrected chi connectivity index (χ3v) is 8.80. The third-order valence-electron chi connectivity index (χ3n) is 7.67. The number of fused-ring (bicyclic) bond motifs is 7. The average molecular weight is 506 g/mol.